The average Bonchev–Trinajstić information content (AvgIpc) is 3.04. The summed E-state index contributed by atoms with van der Waals surface area (Å²) in [6, 6.07) is 16.0. The van der Waals surface area contributed by atoms with E-state index in [0.29, 0.717) is 36.7 Å². The summed E-state index contributed by atoms with van der Waals surface area (Å²) in [5, 5.41) is 0.509. The van der Waals surface area contributed by atoms with Crippen molar-refractivity contribution >= 4 is 35.9 Å². The summed E-state index contributed by atoms with van der Waals surface area (Å²) in [6.07, 6.45) is -6.94. The number of hydrogen-bond donors (Lipinski definition) is 1. The lowest BCUT2D eigenvalue weighted by Gasteiger charge is -2.37. The number of rotatable bonds is 11. The molecule has 1 amide bonds. The maximum absolute atomic E-state index is 13.4. The Morgan fingerprint density at radius 1 is 0.957 bits per heavy atom. The molecule has 0 radical (unpaired) electrons. The zero-order chi connectivity index (χ0) is 34.2. The van der Waals surface area contributed by atoms with Gasteiger partial charge < -0.3 is 15.5 Å². The number of likely N-dealkylation sites (N-methyl/N-ethyl adjacent to an activating group) is 1. The molecule has 0 aromatic heterocycles. The van der Waals surface area contributed by atoms with Crippen molar-refractivity contribution in [2.24, 2.45) is 15.7 Å². The van der Waals surface area contributed by atoms with E-state index >= 15 is 0 Å². The lowest BCUT2D eigenvalue weighted by molar-refractivity contribution is -0.143. The van der Waals surface area contributed by atoms with E-state index in [1.807, 2.05) is 30.3 Å². The van der Waals surface area contributed by atoms with Gasteiger partial charge in [-0.05, 0) is 60.5 Å². The Hall–Kier alpha value is -4.10. The van der Waals surface area contributed by atoms with Crippen molar-refractivity contribution in [1.82, 2.24) is 9.80 Å². The number of para-hydroxylation sites is 1. The van der Waals surface area contributed by atoms with E-state index in [-0.39, 0.29) is 18.5 Å². The molecule has 4 rings (SSSR count). The van der Waals surface area contributed by atoms with Crippen LogP contribution in [0.25, 0.3) is 0 Å². The second-order valence-electron chi connectivity index (χ2n) is 11.2. The zero-order valence-electron chi connectivity index (χ0n) is 25.6. The monoisotopic (exact) mass is 680 g/mol. The number of carbonyl (C=O) groups excluding carboxylic acids is 1. The lowest BCUT2D eigenvalue weighted by atomic mass is 9.94. The number of alkyl halides is 6. The molecule has 1 aliphatic rings. The first-order valence-corrected chi connectivity index (χ1v) is 15.2. The van der Waals surface area contributed by atoms with E-state index in [4.69, 9.17) is 17.3 Å². The van der Waals surface area contributed by atoms with Gasteiger partial charge in [0.25, 0.3) is 5.91 Å². The second-order valence-corrected chi connectivity index (χ2v) is 11.7. The van der Waals surface area contributed by atoms with Gasteiger partial charge in [0.2, 0.25) is 0 Å². The molecule has 1 atom stereocenters. The molecule has 1 aliphatic heterocycles. The third-order valence-electron chi connectivity index (χ3n) is 8.01. The van der Waals surface area contributed by atoms with Crippen molar-refractivity contribution in [3.63, 3.8) is 0 Å². The first kappa shape index (κ1) is 35.7. The fourth-order valence-corrected chi connectivity index (χ4v) is 5.67. The number of amides is 1. The number of benzene rings is 3. The van der Waals surface area contributed by atoms with Gasteiger partial charge in [0, 0.05) is 62.0 Å². The highest BCUT2D eigenvalue weighted by Gasteiger charge is 2.38. The third-order valence-corrected chi connectivity index (χ3v) is 8.26. The Morgan fingerprint density at radius 2 is 1.57 bits per heavy atom. The molecule has 1 fully saturated rings. The maximum Gasteiger partial charge on any atom is 0.416 e. The summed E-state index contributed by atoms with van der Waals surface area (Å²) in [4.78, 5) is 27.1. The van der Waals surface area contributed by atoms with Crippen molar-refractivity contribution in [2.45, 2.75) is 31.2 Å². The van der Waals surface area contributed by atoms with Crippen LogP contribution in [0.3, 0.4) is 0 Å². The zero-order valence-corrected chi connectivity index (χ0v) is 26.4. The molecule has 7 nitrogen and oxygen atoms in total. The van der Waals surface area contributed by atoms with Crippen LogP contribution in [0.1, 0.15) is 45.0 Å². The number of nitrogens with zero attached hydrogens (tertiary/aromatic N) is 5. The Labute approximate surface area is 274 Å². The number of carbonyl (C=O) groups is 1. The first-order valence-electron chi connectivity index (χ1n) is 14.8. The summed E-state index contributed by atoms with van der Waals surface area (Å²) in [5.41, 5.74) is 4.50. The molecule has 0 spiro atoms. The van der Waals surface area contributed by atoms with Crippen LogP contribution in [0.15, 0.2) is 76.7 Å². The molecule has 252 valence electrons. The van der Waals surface area contributed by atoms with Crippen LogP contribution in [-0.4, -0.2) is 74.7 Å². The third kappa shape index (κ3) is 9.94. The lowest BCUT2D eigenvalue weighted by Crippen LogP contribution is -2.47. The Balaban J connectivity index is 1.45. The molecule has 14 heteroatoms. The van der Waals surface area contributed by atoms with Gasteiger partial charge in [-0.1, -0.05) is 41.9 Å². The minimum Gasteiger partial charge on any atom is -0.390 e. The van der Waals surface area contributed by atoms with Crippen molar-refractivity contribution < 1.29 is 31.1 Å². The van der Waals surface area contributed by atoms with Crippen LogP contribution in [0.2, 0.25) is 5.02 Å². The van der Waals surface area contributed by atoms with Crippen LogP contribution in [0, 0.1) is 0 Å². The van der Waals surface area contributed by atoms with Crippen LogP contribution >= 0.6 is 11.6 Å². The molecule has 47 heavy (non-hydrogen) atoms. The highest BCUT2D eigenvalue weighted by molar-refractivity contribution is 6.30. The molecule has 1 saturated heterocycles. The second kappa shape index (κ2) is 15.7. The molecule has 3 aromatic rings. The predicted molar refractivity (Wildman–Crippen MR) is 172 cm³/mol. The van der Waals surface area contributed by atoms with E-state index in [2.05, 4.69) is 25.9 Å². The molecule has 2 N–H and O–H groups in total. The summed E-state index contributed by atoms with van der Waals surface area (Å²) in [6.45, 7) is 4.25. The number of aliphatic imine (C=N–C) groups is 2. The van der Waals surface area contributed by atoms with Gasteiger partial charge in [-0.15, -0.1) is 0 Å². The molecular weight excluding hydrogens is 646 g/mol. The Morgan fingerprint density at radius 3 is 2.17 bits per heavy atom. The van der Waals surface area contributed by atoms with Crippen molar-refractivity contribution in [1.29, 1.82) is 0 Å². The maximum atomic E-state index is 13.4. The summed E-state index contributed by atoms with van der Waals surface area (Å²) >= 11 is 6.09. The molecule has 0 aliphatic carbocycles. The smallest absolute Gasteiger partial charge is 0.390 e. The average molecular weight is 681 g/mol. The van der Waals surface area contributed by atoms with Gasteiger partial charge in [0.15, 0.2) is 0 Å². The van der Waals surface area contributed by atoms with Gasteiger partial charge >= 0.3 is 12.4 Å². The van der Waals surface area contributed by atoms with Crippen LogP contribution in [-0.2, 0) is 18.9 Å². The van der Waals surface area contributed by atoms with Gasteiger partial charge in [-0.2, -0.15) is 26.3 Å². The summed E-state index contributed by atoms with van der Waals surface area (Å²) in [5.74, 6) is -1.20. The number of halogens is 7. The van der Waals surface area contributed by atoms with Gasteiger partial charge in [0.05, 0.1) is 24.0 Å². The summed E-state index contributed by atoms with van der Waals surface area (Å²) < 4.78 is 80.6. The van der Waals surface area contributed by atoms with Crippen molar-refractivity contribution in [3.8, 4) is 0 Å². The van der Waals surface area contributed by atoms with Crippen molar-refractivity contribution in [3.05, 3.63) is 99.6 Å². The predicted octanol–water partition coefficient (Wildman–Crippen LogP) is 6.96. The van der Waals surface area contributed by atoms with Gasteiger partial charge in [-0.25, -0.2) is 4.99 Å². The fourth-order valence-electron chi connectivity index (χ4n) is 5.54. The molecule has 0 saturated carbocycles. The molecule has 1 heterocycles. The number of hydrogen-bond acceptors (Lipinski definition) is 4. The Kier molecular flexibility index (Phi) is 11.9. The molecule has 3 aromatic carbocycles. The number of piperazine rings is 1. The molecule has 0 unspecified atom stereocenters. The quantitative estimate of drug-likeness (QED) is 0.135. The minimum atomic E-state index is -5.06. The van der Waals surface area contributed by atoms with E-state index in [9.17, 15) is 31.1 Å². The number of nitrogens with two attached hydrogens (primary N) is 1. The minimum absolute atomic E-state index is 0.0120. The summed E-state index contributed by atoms with van der Waals surface area (Å²) in [7, 11) is 1.38. The van der Waals surface area contributed by atoms with Crippen LogP contribution in [0.4, 0.5) is 32.0 Å². The standard InChI is InChI=1S/C33H35ClF6N6O/c1-44(31(47)26-16-27(32(35,36)37)18-28(17-26)33(38,39)40)20-25(23-6-8-29(34)9-7-23)10-11-45-12-14-46(15-13-45)30-5-3-2-4-24(30)19-42-22-43-21-41/h2-9,16-18,21-22,25H,10-15,19-20H2,1H3,(H2,41,42,43)/t25-/m1/s1. The SMILES string of the molecule is CN(C[C@@H](CCN1CCN(c2ccccc2CN=CN=CN)CC1)c1ccc(Cl)cc1)C(=O)c1cc(C(F)(F)F)cc(C(F)(F)F)c1. The highest BCUT2D eigenvalue weighted by atomic mass is 35.5. The normalized spacial score (nSPS) is 15.4. The van der Waals surface area contributed by atoms with Gasteiger partial charge in [0.1, 0.15) is 6.34 Å². The van der Waals surface area contributed by atoms with Crippen LogP contribution < -0.4 is 10.6 Å². The van der Waals surface area contributed by atoms with Crippen molar-refractivity contribution in [2.75, 3.05) is 51.2 Å². The van der Waals surface area contributed by atoms with Gasteiger partial charge in [-0.3, -0.25) is 14.7 Å². The highest BCUT2D eigenvalue weighted by Crippen LogP contribution is 2.37. The fraction of sp³-hybridized carbons (Fsp3) is 0.364. The van der Waals surface area contributed by atoms with E-state index in [1.54, 1.807) is 12.1 Å². The number of anilines is 1. The molecular formula is C33H35ClF6N6O. The van der Waals surface area contributed by atoms with Crippen LogP contribution in [0.5, 0.6) is 0 Å². The largest absolute Gasteiger partial charge is 0.416 e. The first-order chi connectivity index (χ1) is 22.3. The van der Waals surface area contributed by atoms with E-state index in [1.165, 1.54) is 24.6 Å². The van der Waals surface area contributed by atoms with E-state index in [0.717, 1.165) is 43.0 Å². The molecule has 0 bridgehead atoms. The topological polar surface area (TPSA) is 77.5 Å². The Bertz CT molecular complexity index is 1520. The van der Waals surface area contributed by atoms with E-state index < -0.39 is 35.0 Å².